The van der Waals surface area contributed by atoms with Crippen molar-refractivity contribution in [1.82, 2.24) is 10.2 Å². The summed E-state index contributed by atoms with van der Waals surface area (Å²) in [5.41, 5.74) is 1.52. The Morgan fingerprint density at radius 3 is 2.15 bits per heavy atom. The maximum Gasteiger partial charge on any atom is 0.0309 e. The van der Waals surface area contributed by atoms with E-state index in [1.54, 1.807) is 0 Å². The summed E-state index contributed by atoms with van der Waals surface area (Å²) in [6.45, 7) is 16.0. The molecule has 2 nitrogen and oxygen atoms in total. The fourth-order valence-corrected chi connectivity index (χ4v) is 5.06. The van der Waals surface area contributed by atoms with E-state index in [-0.39, 0.29) is 0 Å². The first-order chi connectivity index (χ1) is 9.32. The van der Waals surface area contributed by atoms with E-state index in [1.165, 1.54) is 51.7 Å². The van der Waals surface area contributed by atoms with Crippen LogP contribution in [0.25, 0.3) is 0 Å². The van der Waals surface area contributed by atoms with Crippen molar-refractivity contribution >= 4 is 0 Å². The maximum atomic E-state index is 3.92. The average Bonchev–Trinajstić information content (AvgIpc) is 2.75. The lowest BCUT2D eigenvalue weighted by Gasteiger charge is -2.46. The molecule has 1 saturated heterocycles. The van der Waals surface area contributed by atoms with E-state index in [4.69, 9.17) is 0 Å². The van der Waals surface area contributed by atoms with E-state index in [0.29, 0.717) is 16.4 Å². The molecule has 0 aromatic heterocycles. The minimum atomic E-state index is 0.467. The smallest absolute Gasteiger partial charge is 0.0309 e. The van der Waals surface area contributed by atoms with Crippen LogP contribution in [-0.4, -0.2) is 36.1 Å². The Morgan fingerprint density at radius 1 is 1.05 bits per heavy atom. The summed E-state index contributed by atoms with van der Waals surface area (Å²) in [5, 5.41) is 3.92. The van der Waals surface area contributed by atoms with Crippen LogP contribution in [0.4, 0.5) is 0 Å². The zero-order valence-electron chi connectivity index (χ0n) is 14.3. The molecular formula is C18H34N2. The van der Waals surface area contributed by atoms with Gasteiger partial charge in [-0.2, -0.15) is 0 Å². The number of rotatable bonds is 3. The summed E-state index contributed by atoms with van der Waals surface area (Å²) in [6.07, 6.45) is 6.95. The second-order valence-corrected chi connectivity index (χ2v) is 8.86. The number of hydrogen-bond donors (Lipinski definition) is 1. The van der Waals surface area contributed by atoms with Crippen molar-refractivity contribution in [3.63, 3.8) is 0 Å². The van der Waals surface area contributed by atoms with Gasteiger partial charge in [0.25, 0.3) is 0 Å². The first-order valence-electron chi connectivity index (χ1n) is 8.81. The molecule has 20 heavy (non-hydrogen) atoms. The molecule has 1 aliphatic heterocycles. The van der Waals surface area contributed by atoms with Gasteiger partial charge in [-0.1, -0.05) is 47.5 Å². The Bertz CT molecular complexity index is 352. The van der Waals surface area contributed by atoms with E-state index in [1.807, 2.05) is 0 Å². The van der Waals surface area contributed by atoms with Gasteiger partial charge in [-0.15, -0.1) is 0 Å². The van der Waals surface area contributed by atoms with E-state index < -0.39 is 0 Å². The SMILES string of the molecule is CCC1CNC2(CCCC2)CN1CC1C(C)(C)C1(C)C. The summed E-state index contributed by atoms with van der Waals surface area (Å²) >= 11 is 0. The number of nitrogens with one attached hydrogen (secondary N) is 1. The molecule has 1 atom stereocenters. The first-order valence-corrected chi connectivity index (χ1v) is 8.81. The molecule has 1 spiro atoms. The van der Waals surface area contributed by atoms with Crippen LogP contribution in [0.1, 0.15) is 66.7 Å². The van der Waals surface area contributed by atoms with E-state index in [0.717, 1.165) is 12.0 Å². The molecule has 3 rings (SSSR count). The third kappa shape index (κ3) is 2.14. The second kappa shape index (κ2) is 4.71. The van der Waals surface area contributed by atoms with Gasteiger partial charge in [0, 0.05) is 31.2 Å². The zero-order valence-corrected chi connectivity index (χ0v) is 14.3. The molecule has 0 aromatic carbocycles. The zero-order chi connectivity index (χ0) is 14.6. The Labute approximate surface area is 125 Å². The molecule has 3 fully saturated rings. The fraction of sp³-hybridized carbons (Fsp3) is 1.00. The van der Waals surface area contributed by atoms with Crippen molar-refractivity contribution in [2.75, 3.05) is 19.6 Å². The summed E-state index contributed by atoms with van der Waals surface area (Å²) in [6, 6.07) is 0.758. The van der Waals surface area contributed by atoms with Crippen LogP contribution in [0, 0.1) is 16.7 Å². The molecular weight excluding hydrogens is 244 g/mol. The van der Waals surface area contributed by atoms with Crippen molar-refractivity contribution in [2.45, 2.75) is 78.3 Å². The summed E-state index contributed by atoms with van der Waals surface area (Å²) in [5.74, 6) is 0.876. The van der Waals surface area contributed by atoms with Gasteiger partial charge in [0.2, 0.25) is 0 Å². The second-order valence-electron chi connectivity index (χ2n) is 8.86. The van der Waals surface area contributed by atoms with Crippen molar-refractivity contribution in [2.24, 2.45) is 16.7 Å². The lowest BCUT2D eigenvalue weighted by molar-refractivity contribution is 0.0693. The maximum absolute atomic E-state index is 3.92. The van der Waals surface area contributed by atoms with Crippen LogP contribution in [0.15, 0.2) is 0 Å². The molecule has 116 valence electrons. The molecule has 1 heterocycles. The Kier molecular flexibility index (Phi) is 3.49. The summed E-state index contributed by atoms with van der Waals surface area (Å²) in [7, 11) is 0. The lowest BCUT2D eigenvalue weighted by Crippen LogP contribution is -2.63. The monoisotopic (exact) mass is 278 g/mol. The molecule has 2 heteroatoms. The van der Waals surface area contributed by atoms with E-state index in [9.17, 15) is 0 Å². The highest BCUT2D eigenvalue weighted by molar-refractivity contribution is 5.14. The van der Waals surface area contributed by atoms with Crippen LogP contribution in [0.5, 0.6) is 0 Å². The fourth-order valence-electron chi connectivity index (χ4n) is 5.06. The Balaban J connectivity index is 1.69. The van der Waals surface area contributed by atoms with E-state index >= 15 is 0 Å². The molecule has 0 amide bonds. The predicted molar refractivity (Wildman–Crippen MR) is 85.9 cm³/mol. The Hall–Kier alpha value is -0.0800. The van der Waals surface area contributed by atoms with Crippen LogP contribution >= 0.6 is 0 Å². The largest absolute Gasteiger partial charge is 0.308 e. The Morgan fingerprint density at radius 2 is 1.65 bits per heavy atom. The third-order valence-electron chi connectivity index (χ3n) is 7.50. The standard InChI is InChI=1S/C18H34N2/c1-6-14-11-19-18(9-7-8-10-18)13-20(14)12-15-16(2,3)17(15,4)5/h14-15,19H,6-13H2,1-5H3. The number of piperazine rings is 1. The highest BCUT2D eigenvalue weighted by Crippen LogP contribution is 2.68. The topological polar surface area (TPSA) is 15.3 Å². The molecule has 1 N–H and O–H groups in total. The predicted octanol–water partition coefficient (Wildman–Crippen LogP) is 3.67. The quantitative estimate of drug-likeness (QED) is 0.847. The highest BCUT2D eigenvalue weighted by atomic mass is 15.3. The summed E-state index contributed by atoms with van der Waals surface area (Å²) in [4.78, 5) is 2.85. The first kappa shape index (κ1) is 14.8. The molecule has 3 aliphatic rings. The summed E-state index contributed by atoms with van der Waals surface area (Å²) < 4.78 is 0. The number of hydrogen-bond acceptors (Lipinski definition) is 2. The molecule has 2 saturated carbocycles. The minimum absolute atomic E-state index is 0.467. The van der Waals surface area contributed by atoms with Gasteiger partial charge in [-0.25, -0.2) is 0 Å². The highest BCUT2D eigenvalue weighted by Gasteiger charge is 2.64. The van der Waals surface area contributed by atoms with Gasteiger partial charge in [-0.05, 0) is 36.0 Å². The minimum Gasteiger partial charge on any atom is -0.308 e. The molecule has 1 unspecified atom stereocenters. The van der Waals surface area contributed by atoms with Gasteiger partial charge in [0.1, 0.15) is 0 Å². The van der Waals surface area contributed by atoms with Crippen molar-refractivity contribution in [3.05, 3.63) is 0 Å². The molecule has 0 bridgehead atoms. The van der Waals surface area contributed by atoms with Gasteiger partial charge in [-0.3, -0.25) is 4.90 Å². The molecule has 2 aliphatic carbocycles. The number of nitrogens with zero attached hydrogens (tertiary/aromatic N) is 1. The molecule has 0 radical (unpaired) electrons. The lowest BCUT2D eigenvalue weighted by atomic mass is 9.91. The van der Waals surface area contributed by atoms with Crippen LogP contribution in [0.3, 0.4) is 0 Å². The third-order valence-corrected chi connectivity index (χ3v) is 7.50. The normalized spacial score (nSPS) is 35.5. The van der Waals surface area contributed by atoms with Crippen molar-refractivity contribution in [1.29, 1.82) is 0 Å². The molecule has 0 aromatic rings. The van der Waals surface area contributed by atoms with Crippen molar-refractivity contribution < 1.29 is 0 Å². The van der Waals surface area contributed by atoms with E-state index in [2.05, 4.69) is 44.8 Å². The van der Waals surface area contributed by atoms with Gasteiger partial charge in [0.05, 0.1) is 0 Å². The van der Waals surface area contributed by atoms with Crippen LogP contribution in [-0.2, 0) is 0 Å². The van der Waals surface area contributed by atoms with Gasteiger partial charge >= 0.3 is 0 Å². The van der Waals surface area contributed by atoms with Crippen LogP contribution < -0.4 is 5.32 Å². The van der Waals surface area contributed by atoms with Crippen LogP contribution in [0.2, 0.25) is 0 Å². The van der Waals surface area contributed by atoms with Gasteiger partial charge < -0.3 is 5.32 Å². The van der Waals surface area contributed by atoms with Crippen molar-refractivity contribution in [3.8, 4) is 0 Å². The average molecular weight is 278 g/mol. The van der Waals surface area contributed by atoms with Gasteiger partial charge in [0.15, 0.2) is 0 Å².